The average molecular weight is 216 g/mol. The molecule has 0 atom stereocenters. The van der Waals surface area contributed by atoms with Crippen LogP contribution in [0.3, 0.4) is 0 Å². The van der Waals surface area contributed by atoms with Crippen LogP contribution in [0.15, 0.2) is 40.8 Å². The summed E-state index contributed by atoms with van der Waals surface area (Å²) >= 11 is 0. The molecule has 0 spiro atoms. The molecular weight excluding hydrogens is 204 g/mol. The van der Waals surface area contributed by atoms with Gasteiger partial charge in [0.15, 0.2) is 0 Å². The Balaban J connectivity index is 2.06. The van der Waals surface area contributed by atoms with E-state index in [1.807, 2.05) is 42.5 Å². The normalized spacial score (nSPS) is 11.2. The highest BCUT2D eigenvalue weighted by molar-refractivity contribution is 5.79. The molecule has 0 saturated carbocycles. The molecule has 0 aliphatic carbocycles. The van der Waals surface area contributed by atoms with Crippen LogP contribution in [0, 0.1) is 0 Å². The highest BCUT2D eigenvalue weighted by Gasteiger charge is 1.99. The smallest absolute Gasteiger partial charge is 0.303 e. The van der Waals surface area contributed by atoms with Crippen LogP contribution in [0.4, 0.5) is 0 Å². The third-order valence-electron chi connectivity index (χ3n) is 2.25. The lowest BCUT2D eigenvalue weighted by molar-refractivity contribution is -0.136. The number of hydrogen-bond donors (Lipinski definition) is 1. The maximum absolute atomic E-state index is 10.3. The van der Waals surface area contributed by atoms with Crippen molar-refractivity contribution in [3.63, 3.8) is 0 Å². The number of benzene rings is 1. The summed E-state index contributed by atoms with van der Waals surface area (Å²) in [6.45, 7) is 0. The standard InChI is InChI=1S/C13H12O3/c14-13(15)8-4-2-6-11-9-10-5-1-3-7-12(10)16-11/h1-3,5-7,9H,4,8H2,(H,14,15)/b6-2+. The van der Waals surface area contributed by atoms with Gasteiger partial charge in [-0.25, -0.2) is 0 Å². The van der Waals surface area contributed by atoms with E-state index < -0.39 is 5.97 Å². The summed E-state index contributed by atoms with van der Waals surface area (Å²) in [5.41, 5.74) is 0.848. The van der Waals surface area contributed by atoms with Crippen molar-refractivity contribution in [1.82, 2.24) is 0 Å². The number of aliphatic carboxylic acids is 1. The molecule has 1 aromatic carbocycles. The fourth-order valence-electron chi connectivity index (χ4n) is 1.49. The number of rotatable bonds is 4. The molecule has 2 aromatic rings. The van der Waals surface area contributed by atoms with Crippen molar-refractivity contribution in [2.45, 2.75) is 12.8 Å². The molecule has 2 rings (SSSR count). The Morgan fingerprint density at radius 1 is 1.38 bits per heavy atom. The highest BCUT2D eigenvalue weighted by Crippen LogP contribution is 2.19. The van der Waals surface area contributed by atoms with Crippen molar-refractivity contribution in [2.75, 3.05) is 0 Å². The number of hydrogen-bond acceptors (Lipinski definition) is 2. The Kier molecular flexibility index (Phi) is 3.05. The fourth-order valence-corrected chi connectivity index (χ4v) is 1.49. The second kappa shape index (κ2) is 4.66. The van der Waals surface area contributed by atoms with Gasteiger partial charge in [-0.15, -0.1) is 0 Å². The third kappa shape index (κ3) is 2.51. The van der Waals surface area contributed by atoms with E-state index in [9.17, 15) is 4.79 Å². The first-order valence-electron chi connectivity index (χ1n) is 5.12. The molecule has 0 radical (unpaired) electrons. The molecule has 3 nitrogen and oxygen atoms in total. The quantitative estimate of drug-likeness (QED) is 0.852. The molecule has 3 heteroatoms. The van der Waals surface area contributed by atoms with Gasteiger partial charge in [0, 0.05) is 11.8 Å². The van der Waals surface area contributed by atoms with Crippen LogP contribution in [0.25, 0.3) is 17.0 Å². The van der Waals surface area contributed by atoms with Gasteiger partial charge < -0.3 is 9.52 Å². The number of fused-ring (bicyclic) bond motifs is 1. The van der Waals surface area contributed by atoms with Crippen LogP contribution in [-0.4, -0.2) is 11.1 Å². The maximum Gasteiger partial charge on any atom is 0.303 e. The molecular formula is C13H12O3. The first-order valence-corrected chi connectivity index (χ1v) is 5.12. The van der Waals surface area contributed by atoms with Gasteiger partial charge in [0.05, 0.1) is 0 Å². The first-order chi connectivity index (χ1) is 7.75. The Bertz CT molecular complexity index is 490. The topological polar surface area (TPSA) is 50.4 Å². The van der Waals surface area contributed by atoms with Crippen molar-refractivity contribution >= 4 is 23.0 Å². The van der Waals surface area contributed by atoms with Gasteiger partial charge in [-0.3, -0.25) is 4.79 Å². The fraction of sp³-hybridized carbons (Fsp3) is 0.154. The van der Waals surface area contributed by atoms with Crippen molar-refractivity contribution < 1.29 is 14.3 Å². The number of carboxylic acid groups (broad SMARTS) is 1. The van der Waals surface area contributed by atoms with E-state index in [4.69, 9.17) is 9.52 Å². The summed E-state index contributed by atoms with van der Waals surface area (Å²) in [5.74, 6) is -0.0270. The van der Waals surface area contributed by atoms with Crippen molar-refractivity contribution in [1.29, 1.82) is 0 Å². The zero-order valence-electron chi connectivity index (χ0n) is 8.72. The zero-order chi connectivity index (χ0) is 11.4. The Morgan fingerprint density at radius 2 is 2.19 bits per heavy atom. The first kappa shape index (κ1) is 10.5. The SMILES string of the molecule is O=C(O)CC/C=C/c1cc2ccccc2o1. The van der Waals surface area contributed by atoms with Crippen LogP contribution in [0.1, 0.15) is 18.6 Å². The molecule has 0 fully saturated rings. The molecule has 0 bridgehead atoms. The van der Waals surface area contributed by atoms with E-state index in [1.165, 1.54) is 0 Å². The Morgan fingerprint density at radius 3 is 2.94 bits per heavy atom. The molecule has 82 valence electrons. The summed E-state index contributed by atoms with van der Waals surface area (Å²) in [7, 11) is 0. The lowest BCUT2D eigenvalue weighted by Gasteiger charge is -1.87. The van der Waals surface area contributed by atoms with E-state index in [-0.39, 0.29) is 6.42 Å². The Labute approximate surface area is 93.0 Å². The van der Waals surface area contributed by atoms with Gasteiger partial charge in [0.2, 0.25) is 0 Å². The third-order valence-corrected chi connectivity index (χ3v) is 2.25. The van der Waals surface area contributed by atoms with Gasteiger partial charge in [0.1, 0.15) is 11.3 Å². The number of carbonyl (C=O) groups is 1. The van der Waals surface area contributed by atoms with Crippen molar-refractivity contribution in [3.05, 3.63) is 42.2 Å². The van der Waals surface area contributed by atoms with E-state index >= 15 is 0 Å². The van der Waals surface area contributed by atoms with Crippen LogP contribution >= 0.6 is 0 Å². The monoisotopic (exact) mass is 216 g/mol. The minimum absolute atomic E-state index is 0.150. The van der Waals surface area contributed by atoms with Crippen molar-refractivity contribution in [3.8, 4) is 0 Å². The maximum atomic E-state index is 10.3. The van der Waals surface area contributed by atoms with Gasteiger partial charge >= 0.3 is 5.97 Å². The van der Waals surface area contributed by atoms with Gasteiger partial charge in [-0.1, -0.05) is 24.3 Å². The summed E-state index contributed by atoms with van der Waals surface area (Å²) in [6, 6.07) is 9.70. The van der Waals surface area contributed by atoms with E-state index in [2.05, 4.69) is 0 Å². The van der Waals surface area contributed by atoms with E-state index in [0.717, 1.165) is 16.7 Å². The number of allylic oxidation sites excluding steroid dienone is 1. The van der Waals surface area contributed by atoms with Crippen molar-refractivity contribution in [2.24, 2.45) is 0 Å². The lowest BCUT2D eigenvalue weighted by atomic mass is 10.2. The van der Waals surface area contributed by atoms with Crippen LogP contribution in [0.5, 0.6) is 0 Å². The lowest BCUT2D eigenvalue weighted by Crippen LogP contribution is -1.91. The molecule has 0 aliphatic rings. The average Bonchev–Trinajstić information content (AvgIpc) is 2.66. The largest absolute Gasteiger partial charge is 0.481 e. The minimum atomic E-state index is -0.783. The molecule has 0 aliphatic heterocycles. The molecule has 1 N–H and O–H groups in total. The molecule has 0 saturated heterocycles. The van der Waals surface area contributed by atoms with E-state index in [1.54, 1.807) is 0 Å². The summed E-state index contributed by atoms with van der Waals surface area (Å²) in [5, 5.41) is 9.52. The number of para-hydroxylation sites is 1. The zero-order valence-corrected chi connectivity index (χ0v) is 8.72. The van der Waals surface area contributed by atoms with Gasteiger partial charge in [-0.2, -0.15) is 0 Å². The molecule has 0 amide bonds. The van der Waals surface area contributed by atoms with Gasteiger partial charge in [-0.05, 0) is 24.6 Å². The summed E-state index contributed by atoms with van der Waals surface area (Å²) < 4.78 is 5.54. The second-order valence-electron chi connectivity index (χ2n) is 3.52. The summed E-state index contributed by atoms with van der Waals surface area (Å²) in [4.78, 5) is 10.3. The Hall–Kier alpha value is -2.03. The molecule has 1 heterocycles. The molecule has 1 aromatic heterocycles. The summed E-state index contributed by atoms with van der Waals surface area (Å²) in [6.07, 6.45) is 4.29. The van der Waals surface area contributed by atoms with E-state index in [0.29, 0.717) is 6.42 Å². The van der Waals surface area contributed by atoms with Gasteiger partial charge in [0.25, 0.3) is 0 Å². The minimum Gasteiger partial charge on any atom is -0.481 e. The number of carboxylic acids is 1. The number of furan rings is 1. The highest BCUT2D eigenvalue weighted by atomic mass is 16.4. The molecule has 0 unspecified atom stereocenters. The predicted molar refractivity (Wildman–Crippen MR) is 62.1 cm³/mol. The second-order valence-corrected chi connectivity index (χ2v) is 3.52. The predicted octanol–water partition coefficient (Wildman–Crippen LogP) is 3.31. The molecule has 16 heavy (non-hydrogen) atoms. The van der Waals surface area contributed by atoms with Crippen LogP contribution in [-0.2, 0) is 4.79 Å². The van der Waals surface area contributed by atoms with Crippen LogP contribution in [0.2, 0.25) is 0 Å². The van der Waals surface area contributed by atoms with Crippen LogP contribution < -0.4 is 0 Å².